The first-order valence-corrected chi connectivity index (χ1v) is 5.69. The highest BCUT2D eigenvalue weighted by Crippen LogP contribution is 2.13. The number of carbonyl (C=O) groups excluding carboxylic acids is 1. The zero-order valence-corrected chi connectivity index (χ0v) is 10.7. The topological polar surface area (TPSA) is 80.0 Å². The summed E-state index contributed by atoms with van der Waals surface area (Å²) in [6.07, 6.45) is 1.59. The predicted molar refractivity (Wildman–Crippen MR) is 69.7 cm³/mol. The average molecular weight is 236 g/mol. The van der Waals surface area contributed by atoms with Crippen LogP contribution in [0.3, 0.4) is 0 Å². The van der Waals surface area contributed by atoms with Gasteiger partial charge < -0.3 is 16.4 Å². The normalized spacial score (nSPS) is 12.3. The lowest BCUT2D eigenvalue weighted by Crippen LogP contribution is -2.41. The van der Waals surface area contributed by atoms with Gasteiger partial charge in [-0.15, -0.1) is 0 Å². The molecule has 5 nitrogen and oxygen atoms in total. The van der Waals surface area contributed by atoms with Crippen LogP contribution in [0.15, 0.2) is 12.3 Å². The van der Waals surface area contributed by atoms with Gasteiger partial charge in [0.15, 0.2) is 0 Å². The molecule has 5 heteroatoms. The van der Waals surface area contributed by atoms with Crippen LogP contribution in [0, 0.1) is 6.92 Å². The third kappa shape index (κ3) is 3.94. The maximum absolute atomic E-state index is 11.7. The lowest BCUT2D eigenvalue weighted by Gasteiger charge is -2.16. The van der Waals surface area contributed by atoms with Crippen molar-refractivity contribution in [1.82, 2.24) is 10.3 Å². The number of amides is 1. The van der Waals surface area contributed by atoms with Crippen LogP contribution in [0.4, 0.5) is 11.5 Å². The number of nitrogens with two attached hydrogens (primary N) is 1. The number of anilines is 2. The van der Waals surface area contributed by atoms with Gasteiger partial charge in [-0.2, -0.15) is 0 Å². The molecular formula is C12H20N4O. The Balaban J connectivity index is 2.64. The van der Waals surface area contributed by atoms with E-state index in [0.29, 0.717) is 11.5 Å². The minimum atomic E-state index is -0.326. The molecule has 0 fully saturated rings. The number of rotatable bonds is 4. The number of hydrogen-bond acceptors (Lipinski definition) is 4. The van der Waals surface area contributed by atoms with Gasteiger partial charge in [0.1, 0.15) is 11.9 Å². The predicted octanol–water partition coefficient (Wildman–Crippen LogP) is 1.30. The third-order valence-corrected chi connectivity index (χ3v) is 2.34. The summed E-state index contributed by atoms with van der Waals surface area (Å²) in [7, 11) is 0. The van der Waals surface area contributed by atoms with Crippen molar-refractivity contribution < 1.29 is 4.79 Å². The van der Waals surface area contributed by atoms with Gasteiger partial charge in [0, 0.05) is 6.04 Å². The lowest BCUT2D eigenvalue weighted by molar-refractivity contribution is -0.122. The molecule has 1 atom stereocenters. The molecule has 94 valence electrons. The number of aryl methyl sites for hydroxylation is 1. The van der Waals surface area contributed by atoms with Gasteiger partial charge in [-0.25, -0.2) is 4.98 Å². The number of nitrogen functional groups attached to an aromatic ring is 1. The van der Waals surface area contributed by atoms with Crippen molar-refractivity contribution in [3.63, 3.8) is 0 Å². The van der Waals surface area contributed by atoms with Crippen LogP contribution in [0.2, 0.25) is 0 Å². The van der Waals surface area contributed by atoms with Gasteiger partial charge in [-0.1, -0.05) is 0 Å². The van der Waals surface area contributed by atoms with E-state index in [0.717, 1.165) is 5.56 Å². The highest BCUT2D eigenvalue weighted by Gasteiger charge is 2.13. The maximum atomic E-state index is 11.7. The molecule has 0 bridgehead atoms. The Morgan fingerprint density at radius 2 is 2.06 bits per heavy atom. The zero-order valence-electron chi connectivity index (χ0n) is 10.7. The van der Waals surface area contributed by atoms with Gasteiger partial charge in [0.2, 0.25) is 5.91 Å². The van der Waals surface area contributed by atoms with Gasteiger partial charge in [0.25, 0.3) is 0 Å². The number of carbonyl (C=O) groups is 1. The molecule has 0 radical (unpaired) electrons. The molecule has 1 amide bonds. The fraction of sp³-hybridized carbons (Fsp3) is 0.500. The summed E-state index contributed by atoms with van der Waals surface area (Å²) in [5.41, 5.74) is 7.27. The van der Waals surface area contributed by atoms with Crippen LogP contribution in [0.1, 0.15) is 26.3 Å². The van der Waals surface area contributed by atoms with Crippen LogP contribution < -0.4 is 16.4 Å². The van der Waals surface area contributed by atoms with Crippen LogP contribution in [0.25, 0.3) is 0 Å². The summed E-state index contributed by atoms with van der Waals surface area (Å²) >= 11 is 0. The largest absolute Gasteiger partial charge is 0.397 e. The minimum Gasteiger partial charge on any atom is -0.397 e. The number of pyridine rings is 1. The first-order valence-electron chi connectivity index (χ1n) is 5.69. The monoisotopic (exact) mass is 236 g/mol. The third-order valence-electron chi connectivity index (χ3n) is 2.34. The molecule has 0 aliphatic heterocycles. The molecular weight excluding hydrogens is 216 g/mol. The Bertz CT molecular complexity index is 403. The highest BCUT2D eigenvalue weighted by molar-refractivity contribution is 5.84. The summed E-state index contributed by atoms with van der Waals surface area (Å²) < 4.78 is 0. The summed E-state index contributed by atoms with van der Waals surface area (Å²) in [5, 5.41) is 5.87. The summed E-state index contributed by atoms with van der Waals surface area (Å²) in [5.74, 6) is 0.611. The summed E-state index contributed by atoms with van der Waals surface area (Å²) in [6, 6.07) is 1.63. The van der Waals surface area contributed by atoms with Gasteiger partial charge >= 0.3 is 0 Å². The Morgan fingerprint density at radius 1 is 1.41 bits per heavy atom. The molecule has 4 N–H and O–H groups in total. The summed E-state index contributed by atoms with van der Waals surface area (Å²) in [6.45, 7) is 7.55. The minimum absolute atomic E-state index is 0.0451. The van der Waals surface area contributed by atoms with Crippen LogP contribution in [0.5, 0.6) is 0 Å². The van der Waals surface area contributed by atoms with E-state index in [4.69, 9.17) is 5.73 Å². The Kier molecular flexibility index (Phi) is 4.31. The zero-order chi connectivity index (χ0) is 13.0. The van der Waals surface area contributed by atoms with Crippen molar-refractivity contribution in [2.75, 3.05) is 11.1 Å². The van der Waals surface area contributed by atoms with Crippen LogP contribution in [-0.4, -0.2) is 23.0 Å². The van der Waals surface area contributed by atoms with E-state index < -0.39 is 0 Å². The van der Waals surface area contributed by atoms with E-state index in [-0.39, 0.29) is 18.0 Å². The van der Waals surface area contributed by atoms with Crippen LogP contribution >= 0.6 is 0 Å². The van der Waals surface area contributed by atoms with Crippen molar-refractivity contribution in [1.29, 1.82) is 0 Å². The maximum Gasteiger partial charge on any atom is 0.242 e. The Labute approximate surface area is 102 Å². The van der Waals surface area contributed by atoms with E-state index >= 15 is 0 Å². The number of nitrogens with one attached hydrogen (secondary N) is 2. The second kappa shape index (κ2) is 5.52. The molecule has 1 rings (SSSR count). The molecule has 1 unspecified atom stereocenters. The quantitative estimate of drug-likeness (QED) is 0.736. The molecule has 0 aromatic carbocycles. The molecule has 1 heterocycles. The Morgan fingerprint density at radius 3 is 2.59 bits per heavy atom. The first-order chi connectivity index (χ1) is 7.90. The molecule has 17 heavy (non-hydrogen) atoms. The standard InChI is InChI=1S/C12H20N4O/c1-7(2)15-12(17)9(4)16-11-5-8(3)10(13)6-14-11/h5-7,9H,13H2,1-4H3,(H,14,16)(H,15,17). The highest BCUT2D eigenvalue weighted by atomic mass is 16.2. The van der Waals surface area contributed by atoms with E-state index in [9.17, 15) is 4.79 Å². The molecule has 1 aromatic rings. The Hall–Kier alpha value is -1.78. The second-order valence-corrected chi connectivity index (χ2v) is 4.46. The fourth-order valence-electron chi connectivity index (χ4n) is 1.34. The fourth-order valence-corrected chi connectivity index (χ4v) is 1.34. The molecule has 0 saturated carbocycles. The molecule has 0 aliphatic carbocycles. The van der Waals surface area contributed by atoms with Crippen molar-refractivity contribution in [3.05, 3.63) is 17.8 Å². The molecule has 0 aliphatic rings. The number of nitrogens with zero attached hydrogens (tertiary/aromatic N) is 1. The SMILES string of the molecule is Cc1cc(NC(C)C(=O)NC(C)C)ncc1N. The lowest BCUT2D eigenvalue weighted by atomic mass is 10.2. The second-order valence-electron chi connectivity index (χ2n) is 4.46. The van der Waals surface area contributed by atoms with E-state index in [1.807, 2.05) is 26.8 Å². The van der Waals surface area contributed by atoms with Gasteiger partial charge in [-0.3, -0.25) is 4.79 Å². The van der Waals surface area contributed by atoms with Gasteiger partial charge in [0.05, 0.1) is 11.9 Å². The molecule has 1 aromatic heterocycles. The van der Waals surface area contributed by atoms with Crippen molar-refractivity contribution in [2.45, 2.75) is 39.8 Å². The van der Waals surface area contributed by atoms with E-state index in [1.54, 1.807) is 13.1 Å². The van der Waals surface area contributed by atoms with Gasteiger partial charge in [-0.05, 0) is 39.3 Å². The van der Waals surface area contributed by atoms with Crippen LogP contribution in [-0.2, 0) is 4.79 Å². The van der Waals surface area contributed by atoms with Crippen molar-refractivity contribution >= 4 is 17.4 Å². The number of aromatic nitrogens is 1. The molecule has 0 spiro atoms. The van der Waals surface area contributed by atoms with E-state index in [2.05, 4.69) is 15.6 Å². The molecule has 0 saturated heterocycles. The average Bonchev–Trinajstić information content (AvgIpc) is 2.22. The summed E-state index contributed by atoms with van der Waals surface area (Å²) in [4.78, 5) is 15.8. The smallest absolute Gasteiger partial charge is 0.242 e. The van der Waals surface area contributed by atoms with Crippen molar-refractivity contribution in [2.24, 2.45) is 0 Å². The first kappa shape index (κ1) is 13.3. The van der Waals surface area contributed by atoms with Crippen molar-refractivity contribution in [3.8, 4) is 0 Å². The number of hydrogen-bond donors (Lipinski definition) is 3. The van der Waals surface area contributed by atoms with E-state index in [1.165, 1.54) is 0 Å².